The van der Waals surface area contributed by atoms with Crippen molar-refractivity contribution in [2.75, 3.05) is 0 Å². The van der Waals surface area contributed by atoms with E-state index in [1.54, 1.807) is 18.3 Å². The fourth-order valence-electron chi connectivity index (χ4n) is 1.69. The number of thiazole rings is 1. The summed E-state index contributed by atoms with van der Waals surface area (Å²) in [6.07, 6.45) is -0.0199. The molecule has 0 atom stereocenters. The number of hydrogen-bond acceptors (Lipinski definition) is 4. The third kappa shape index (κ3) is 2.29. The third-order valence-electron chi connectivity index (χ3n) is 2.54. The molecule has 0 aliphatic heterocycles. The molecule has 0 saturated carbocycles. The van der Waals surface area contributed by atoms with Crippen molar-refractivity contribution in [3.63, 3.8) is 0 Å². The Labute approximate surface area is 115 Å². The summed E-state index contributed by atoms with van der Waals surface area (Å²) >= 11 is 0.944. The molecule has 0 saturated heterocycles. The zero-order valence-corrected chi connectivity index (χ0v) is 10.7. The Hall–Kier alpha value is -2.22. The van der Waals surface area contributed by atoms with Gasteiger partial charge in [-0.1, -0.05) is 0 Å². The average Bonchev–Trinajstić information content (AvgIpc) is 3.08. The van der Waals surface area contributed by atoms with E-state index in [4.69, 9.17) is 0 Å². The number of aromatic amines is 1. The van der Waals surface area contributed by atoms with Crippen LogP contribution in [-0.4, -0.2) is 20.2 Å². The number of pyridine rings is 1. The maximum Gasteiger partial charge on any atom is 0.434 e. The van der Waals surface area contributed by atoms with E-state index in [-0.39, 0.29) is 15.6 Å². The summed E-state index contributed by atoms with van der Waals surface area (Å²) in [5, 5.41) is 6.57. The highest BCUT2D eigenvalue weighted by atomic mass is 32.1. The molecule has 3 heterocycles. The number of rotatable bonds is 2. The van der Waals surface area contributed by atoms with Crippen LogP contribution in [0.15, 0.2) is 36.8 Å². The van der Waals surface area contributed by atoms with E-state index >= 15 is 0 Å². The molecule has 1 N–H and O–H groups in total. The minimum atomic E-state index is -4.52. The zero-order valence-electron chi connectivity index (χ0n) is 9.85. The molecule has 102 valence electrons. The van der Waals surface area contributed by atoms with Crippen molar-refractivity contribution < 1.29 is 13.2 Å². The lowest BCUT2D eigenvalue weighted by Crippen LogP contribution is -2.07. The molecule has 0 amide bonds. The zero-order chi connectivity index (χ0) is 14.2. The van der Waals surface area contributed by atoms with E-state index in [9.17, 15) is 13.2 Å². The highest BCUT2D eigenvalue weighted by molar-refractivity contribution is 7.18. The van der Waals surface area contributed by atoms with E-state index in [1.807, 2.05) is 0 Å². The van der Waals surface area contributed by atoms with E-state index in [2.05, 4.69) is 20.2 Å². The Morgan fingerprint density at radius 1 is 1.20 bits per heavy atom. The summed E-state index contributed by atoms with van der Waals surface area (Å²) in [4.78, 5) is 7.59. The normalized spacial score (nSPS) is 11.8. The molecular formula is C12H7F3N4S. The van der Waals surface area contributed by atoms with Crippen molar-refractivity contribution in [3.05, 3.63) is 42.5 Å². The van der Waals surface area contributed by atoms with Crippen LogP contribution in [0.2, 0.25) is 0 Å². The van der Waals surface area contributed by atoms with Gasteiger partial charge in [-0.25, -0.2) is 4.98 Å². The number of aromatic nitrogens is 4. The first-order chi connectivity index (χ1) is 9.55. The molecule has 0 spiro atoms. The smallest absolute Gasteiger partial charge is 0.285 e. The van der Waals surface area contributed by atoms with Gasteiger partial charge in [0.05, 0.1) is 4.88 Å². The summed E-state index contributed by atoms with van der Waals surface area (Å²) in [7, 11) is 0. The summed E-state index contributed by atoms with van der Waals surface area (Å²) in [5.74, 6) is 0. The van der Waals surface area contributed by atoms with Gasteiger partial charge in [-0.15, -0.1) is 11.3 Å². The first-order valence-electron chi connectivity index (χ1n) is 5.54. The fraction of sp³-hybridized carbons (Fsp3) is 0.0833. The molecule has 0 unspecified atom stereocenters. The lowest BCUT2D eigenvalue weighted by molar-refractivity contribution is -0.140. The SMILES string of the molecule is FC(F)(F)c1nc(-c2cccnc2)sc1-c1cc[nH]n1. The first kappa shape index (κ1) is 12.8. The molecule has 0 aliphatic carbocycles. The van der Waals surface area contributed by atoms with Gasteiger partial charge in [-0.2, -0.15) is 18.3 Å². The Morgan fingerprint density at radius 2 is 2.05 bits per heavy atom. The summed E-state index contributed by atoms with van der Waals surface area (Å²) in [6.45, 7) is 0. The van der Waals surface area contributed by atoms with Gasteiger partial charge >= 0.3 is 6.18 Å². The highest BCUT2D eigenvalue weighted by Crippen LogP contribution is 2.42. The summed E-state index contributed by atoms with van der Waals surface area (Å²) in [6, 6.07) is 4.80. The molecule has 4 nitrogen and oxygen atoms in total. The second-order valence-corrected chi connectivity index (χ2v) is 4.89. The van der Waals surface area contributed by atoms with Crippen molar-refractivity contribution in [1.29, 1.82) is 0 Å². The lowest BCUT2D eigenvalue weighted by atomic mass is 10.2. The van der Waals surface area contributed by atoms with E-state index in [1.165, 1.54) is 18.5 Å². The van der Waals surface area contributed by atoms with Crippen molar-refractivity contribution in [3.8, 4) is 21.1 Å². The van der Waals surface area contributed by atoms with Crippen molar-refractivity contribution in [2.24, 2.45) is 0 Å². The van der Waals surface area contributed by atoms with Crippen LogP contribution in [0.1, 0.15) is 5.69 Å². The van der Waals surface area contributed by atoms with Gasteiger partial charge in [0.25, 0.3) is 0 Å². The number of nitrogens with zero attached hydrogens (tertiary/aromatic N) is 3. The average molecular weight is 296 g/mol. The maximum absolute atomic E-state index is 13.1. The minimum absolute atomic E-state index is 0.00222. The maximum atomic E-state index is 13.1. The number of nitrogens with one attached hydrogen (secondary N) is 1. The van der Waals surface area contributed by atoms with Gasteiger partial charge in [-0.05, 0) is 18.2 Å². The number of alkyl halides is 3. The monoisotopic (exact) mass is 296 g/mol. The van der Waals surface area contributed by atoms with Crippen LogP contribution in [0.25, 0.3) is 21.1 Å². The van der Waals surface area contributed by atoms with Crippen molar-refractivity contribution >= 4 is 11.3 Å². The standard InChI is InChI=1S/C12H7F3N4S/c13-12(14,15)10-9(8-3-5-17-19-8)20-11(18-10)7-2-1-4-16-6-7/h1-6H,(H,17,19). The van der Waals surface area contributed by atoms with Crippen LogP contribution < -0.4 is 0 Å². The molecule has 0 fully saturated rings. The number of hydrogen-bond donors (Lipinski definition) is 1. The van der Waals surface area contributed by atoms with Gasteiger partial charge in [0, 0.05) is 24.2 Å². The van der Waals surface area contributed by atoms with Gasteiger partial charge in [0.2, 0.25) is 0 Å². The predicted octanol–water partition coefficient (Wildman–Crippen LogP) is 3.61. The fourth-order valence-corrected chi connectivity index (χ4v) is 2.73. The third-order valence-corrected chi connectivity index (χ3v) is 3.66. The minimum Gasteiger partial charge on any atom is -0.285 e. The molecule has 0 aromatic carbocycles. The second-order valence-electron chi connectivity index (χ2n) is 3.90. The Kier molecular flexibility index (Phi) is 3.01. The molecule has 3 aromatic heterocycles. The number of halogens is 3. The molecule has 0 aliphatic rings. The van der Waals surface area contributed by atoms with E-state index in [0.29, 0.717) is 5.56 Å². The molecule has 3 rings (SSSR count). The summed E-state index contributed by atoms with van der Waals surface area (Å²) < 4.78 is 39.2. The molecule has 0 bridgehead atoms. The quantitative estimate of drug-likeness (QED) is 0.786. The topological polar surface area (TPSA) is 54.5 Å². The predicted molar refractivity (Wildman–Crippen MR) is 67.9 cm³/mol. The number of H-pyrrole nitrogens is 1. The van der Waals surface area contributed by atoms with Crippen LogP contribution in [0.4, 0.5) is 13.2 Å². The summed E-state index contributed by atoms with van der Waals surface area (Å²) in [5.41, 5.74) is -0.150. The van der Waals surface area contributed by atoms with Crippen molar-refractivity contribution in [2.45, 2.75) is 6.18 Å². The molecule has 8 heteroatoms. The molecular weight excluding hydrogens is 289 g/mol. The van der Waals surface area contributed by atoms with Gasteiger partial charge in [0.1, 0.15) is 10.7 Å². The lowest BCUT2D eigenvalue weighted by Gasteiger charge is -2.03. The Bertz CT molecular complexity index is 704. The molecule has 0 radical (unpaired) electrons. The van der Waals surface area contributed by atoms with Crippen LogP contribution >= 0.6 is 11.3 Å². The van der Waals surface area contributed by atoms with Crippen LogP contribution in [0, 0.1) is 0 Å². The van der Waals surface area contributed by atoms with Crippen LogP contribution in [0.3, 0.4) is 0 Å². The van der Waals surface area contributed by atoms with Gasteiger partial charge < -0.3 is 0 Å². The van der Waals surface area contributed by atoms with Crippen molar-refractivity contribution in [1.82, 2.24) is 20.2 Å². The Balaban J connectivity index is 2.17. The van der Waals surface area contributed by atoms with Gasteiger partial charge in [-0.3, -0.25) is 10.1 Å². The second kappa shape index (κ2) is 4.71. The van der Waals surface area contributed by atoms with E-state index < -0.39 is 11.9 Å². The first-order valence-corrected chi connectivity index (χ1v) is 6.36. The Morgan fingerprint density at radius 3 is 2.65 bits per heavy atom. The van der Waals surface area contributed by atoms with Crippen LogP contribution in [0.5, 0.6) is 0 Å². The highest BCUT2D eigenvalue weighted by Gasteiger charge is 2.38. The largest absolute Gasteiger partial charge is 0.434 e. The van der Waals surface area contributed by atoms with Gasteiger partial charge in [0.15, 0.2) is 5.69 Å². The molecule has 3 aromatic rings. The van der Waals surface area contributed by atoms with E-state index in [0.717, 1.165) is 11.3 Å². The molecule has 20 heavy (non-hydrogen) atoms. The van der Waals surface area contributed by atoms with Crippen LogP contribution in [-0.2, 0) is 6.18 Å².